The lowest BCUT2D eigenvalue weighted by molar-refractivity contribution is -0.157. The van der Waals surface area contributed by atoms with Gasteiger partial charge in [-0.3, -0.25) is 4.79 Å². The Morgan fingerprint density at radius 1 is 0.347 bits per heavy atom. The molecule has 0 spiro atoms. The van der Waals surface area contributed by atoms with Gasteiger partial charge >= 0.3 is 23.9 Å². The summed E-state index contributed by atoms with van der Waals surface area (Å²) in [6.07, 6.45) is 12.0. The maximum absolute atomic E-state index is 12.0. The lowest BCUT2D eigenvalue weighted by Crippen LogP contribution is -2.33. The van der Waals surface area contributed by atoms with Crippen LogP contribution in [0.15, 0.2) is 237 Å². The van der Waals surface area contributed by atoms with Crippen molar-refractivity contribution in [3.05, 3.63) is 320 Å². The van der Waals surface area contributed by atoms with Gasteiger partial charge in [-0.1, -0.05) is 312 Å². The van der Waals surface area contributed by atoms with Crippen molar-refractivity contribution in [1.82, 2.24) is 0 Å². The molecule has 11 aromatic rings. The van der Waals surface area contributed by atoms with Crippen molar-refractivity contribution in [1.29, 1.82) is 0 Å². The first-order valence-corrected chi connectivity index (χ1v) is 52.4. The normalized spacial score (nSPS) is 14.5. The van der Waals surface area contributed by atoms with Gasteiger partial charge in [-0.15, -0.1) is 0 Å². The number of carbonyl (C=O) groups excluding carboxylic acids is 4. The van der Waals surface area contributed by atoms with E-state index in [1.54, 1.807) is 50.6 Å². The van der Waals surface area contributed by atoms with Gasteiger partial charge in [0.05, 0.1) is 24.2 Å². The van der Waals surface area contributed by atoms with Crippen LogP contribution in [-0.2, 0) is 59.3 Å². The van der Waals surface area contributed by atoms with Crippen molar-refractivity contribution in [2.75, 3.05) is 27.4 Å². The Bertz CT molecular complexity index is 5410. The summed E-state index contributed by atoms with van der Waals surface area (Å²) in [5.41, 5.74) is 17.3. The van der Waals surface area contributed by atoms with Crippen molar-refractivity contribution in [2.45, 2.75) is 349 Å². The number of phenolic OH excluding ortho intramolecular Hbond substituents is 3. The molecule has 11 atom stereocenters. The quantitative estimate of drug-likeness (QED) is 0.0165. The maximum Gasteiger partial charge on any atom is 0.344 e. The van der Waals surface area contributed by atoms with Crippen molar-refractivity contribution in [3.63, 3.8) is 0 Å². The molecule has 3 aliphatic rings. The Morgan fingerprint density at radius 3 is 1.01 bits per heavy atom. The first-order valence-electron chi connectivity index (χ1n) is 52.4. The van der Waals surface area contributed by atoms with Crippen molar-refractivity contribution >= 4 is 34.6 Å². The summed E-state index contributed by atoms with van der Waals surface area (Å²) in [5.74, 6) is 9.29. The molecular formula is C127H172O17. The van der Waals surface area contributed by atoms with Crippen molar-refractivity contribution in [2.24, 2.45) is 10.8 Å². The molecule has 144 heavy (non-hydrogen) atoms. The molecule has 3 heterocycles. The fourth-order valence-corrected chi connectivity index (χ4v) is 15.5. The van der Waals surface area contributed by atoms with Gasteiger partial charge in [0, 0.05) is 47.8 Å². The van der Waals surface area contributed by atoms with Gasteiger partial charge in [-0.05, 0) is 296 Å². The standard InChI is InChI=1S/C27H32O4.2C16H26O2.2C13H16O2.C12H14O2.3C10H14O/c1-6-19(2)21-15-13-20(14-16-21)17-29-24-11-7-10-23-22(24)9-8-12-25(23)30-18-26(28)31-27(3,4)5;2*1-7-12(2)13-8-10-14(11-9-13)18-15(17-6)16(3,4)5;1-3-9(2)10-4-6-12-11(8-10)5-7-13(14)15-12;1-3-9(2)10-4-5-12-11(8-10)6-7-15-13(12)14;1-3-8(2)9-4-5-11-10(6-9)7-14-12(11)13;3*1-3-8(2)9-4-6-10(11)7-5-9/h7-16,19H,6,17-18H2,1-5H3;2*8-12,15H,7H2,1-6H3;4,6,8-9H,3,5,7H2,1-2H3;4-5,8-9H,3,6-7H2,1-2H3;4-6,8H,3,7H2,1-2H3;3*4-8,11H,3H2,1-2H3. The summed E-state index contributed by atoms with van der Waals surface area (Å²) < 4.78 is 54.9. The molecule has 0 fully saturated rings. The van der Waals surface area contributed by atoms with Gasteiger partial charge in [-0.2, -0.15) is 0 Å². The van der Waals surface area contributed by atoms with Crippen LogP contribution in [0.3, 0.4) is 0 Å². The van der Waals surface area contributed by atoms with E-state index in [2.05, 4.69) is 239 Å². The molecule has 0 aliphatic carbocycles. The van der Waals surface area contributed by atoms with Gasteiger partial charge in [0.25, 0.3) is 0 Å². The topological polar surface area (TPSA) is 221 Å². The Hall–Kier alpha value is -11.9. The average Bonchev–Trinajstić information content (AvgIpc) is 1.05. The molecule has 11 aromatic carbocycles. The summed E-state index contributed by atoms with van der Waals surface area (Å²) in [6.45, 7) is 59.0. The van der Waals surface area contributed by atoms with Crippen molar-refractivity contribution in [3.8, 4) is 46.0 Å². The number of rotatable bonds is 30. The minimum Gasteiger partial charge on any atom is -0.508 e. The monoisotopic (exact) mass is 1970 g/mol. The zero-order valence-electron chi connectivity index (χ0n) is 92.2. The second-order valence-corrected chi connectivity index (χ2v) is 41.4. The molecule has 3 aliphatic heterocycles. The number of esters is 4. The number of hydrogen-bond acceptors (Lipinski definition) is 17. The third-order valence-corrected chi connectivity index (χ3v) is 27.0. The van der Waals surface area contributed by atoms with Gasteiger partial charge in [-0.25, -0.2) is 14.4 Å². The summed E-state index contributed by atoms with van der Waals surface area (Å²) in [5, 5.41) is 28.9. The van der Waals surface area contributed by atoms with E-state index < -0.39 is 11.6 Å². The largest absolute Gasteiger partial charge is 0.508 e. The molecule has 0 saturated carbocycles. The van der Waals surface area contributed by atoms with E-state index in [0.29, 0.717) is 103 Å². The van der Waals surface area contributed by atoms with Gasteiger partial charge in [0.2, 0.25) is 12.6 Å². The van der Waals surface area contributed by atoms with Gasteiger partial charge < -0.3 is 62.7 Å². The van der Waals surface area contributed by atoms with Crippen LogP contribution in [0.1, 0.15) is 397 Å². The van der Waals surface area contributed by atoms with Gasteiger partial charge in [0.1, 0.15) is 64.8 Å². The molecule has 17 heteroatoms. The number of benzene rings is 11. The van der Waals surface area contributed by atoms with Crippen LogP contribution >= 0.6 is 0 Å². The molecule has 14 rings (SSSR count). The fraction of sp³-hybridized carbons (Fsp3) is 0.465. The molecule has 0 radical (unpaired) electrons. The van der Waals surface area contributed by atoms with E-state index in [1.807, 2.05) is 148 Å². The third kappa shape index (κ3) is 40.2. The van der Waals surface area contributed by atoms with E-state index in [0.717, 1.165) is 132 Å². The number of phenols is 3. The summed E-state index contributed by atoms with van der Waals surface area (Å²) in [7, 11) is 3.37. The van der Waals surface area contributed by atoms with Crippen molar-refractivity contribution < 1.29 is 81.9 Å². The highest BCUT2D eigenvalue weighted by molar-refractivity contribution is 5.94. The highest BCUT2D eigenvalue weighted by Gasteiger charge is 2.30. The van der Waals surface area contributed by atoms with E-state index in [9.17, 15) is 19.2 Å². The molecule has 0 bridgehead atoms. The van der Waals surface area contributed by atoms with Crippen LogP contribution in [0.5, 0.6) is 46.0 Å². The molecule has 0 amide bonds. The molecule has 0 aromatic heterocycles. The van der Waals surface area contributed by atoms with Crippen LogP contribution in [0.2, 0.25) is 0 Å². The van der Waals surface area contributed by atoms with Crippen LogP contribution in [0.25, 0.3) is 10.8 Å². The van der Waals surface area contributed by atoms with E-state index >= 15 is 0 Å². The number of ether oxygens (including phenoxy) is 10. The lowest BCUT2D eigenvalue weighted by Gasteiger charge is -2.29. The average molecular weight is 1970 g/mol. The number of carbonyl (C=O) groups is 4. The Kier molecular flexibility index (Phi) is 50.9. The summed E-state index contributed by atoms with van der Waals surface area (Å²) in [4.78, 5) is 45.7. The number of cyclic esters (lactones) is 2. The van der Waals surface area contributed by atoms with Crippen LogP contribution in [-0.4, -0.2) is 84.8 Å². The fourth-order valence-electron chi connectivity index (χ4n) is 15.5. The SMILES string of the molecule is CCC(C)c1ccc(COc2cccc3c(OCC(=O)OC(C)(C)C)cccc23)cc1.CCC(C)c1ccc(O)cc1.CCC(C)c1ccc(O)cc1.CCC(C)c1ccc(O)cc1.CCC(C)c1ccc(OC(OC)C(C)(C)C)cc1.CCC(C)c1ccc(OC(OC)C(C)(C)C)cc1.CCC(C)c1ccc2c(c1)CCC(=O)O2.CCC(C)c1ccc2c(c1)CCOC2=O.CCC(C)c1ccc2c(c1)COC2=O. The number of hydrogen-bond donors (Lipinski definition) is 3. The van der Waals surface area contributed by atoms with Crippen LogP contribution < -0.4 is 23.7 Å². The van der Waals surface area contributed by atoms with E-state index in [-0.39, 0.29) is 47.9 Å². The molecule has 3 N–H and O–H groups in total. The number of fused-ring (bicyclic) bond motifs is 4. The Balaban J connectivity index is 0.000000253. The van der Waals surface area contributed by atoms with E-state index in [1.165, 1.54) is 55.6 Å². The second kappa shape index (κ2) is 60.7. The van der Waals surface area contributed by atoms with E-state index in [4.69, 9.17) is 62.7 Å². The highest BCUT2D eigenvalue weighted by atomic mass is 16.7. The summed E-state index contributed by atoms with van der Waals surface area (Å²) >= 11 is 0. The number of aryl methyl sites for hydroxylation is 1. The molecular weight excluding hydrogens is 1800 g/mol. The van der Waals surface area contributed by atoms with Crippen LogP contribution in [0.4, 0.5) is 0 Å². The minimum absolute atomic E-state index is 0.0376. The Morgan fingerprint density at radius 2 is 0.660 bits per heavy atom. The summed E-state index contributed by atoms with van der Waals surface area (Å²) in [6, 6.07) is 77.4. The Labute approximate surface area is 864 Å². The van der Waals surface area contributed by atoms with Gasteiger partial charge in [0.15, 0.2) is 6.61 Å². The lowest BCUT2D eigenvalue weighted by atomic mass is 9.93. The second-order valence-electron chi connectivity index (χ2n) is 41.4. The first kappa shape index (κ1) is 121. The highest BCUT2D eigenvalue weighted by Crippen LogP contribution is 2.38. The smallest absolute Gasteiger partial charge is 0.344 e. The third-order valence-electron chi connectivity index (χ3n) is 27.0. The number of methoxy groups -OCH3 is 2. The van der Waals surface area contributed by atoms with Crippen LogP contribution in [0, 0.1) is 10.8 Å². The first-order chi connectivity index (χ1) is 68.4. The molecule has 0 saturated heterocycles. The predicted octanol–water partition coefficient (Wildman–Crippen LogP) is 33.4. The maximum atomic E-state index is 12.0. The number of aromatic hydroxyl groups is 3. The molecule has 17 nitrogen and oxygen atoms in total. The zero-order valence-corrected chi connectivity index (χ0v) is 92.2. The predicted molar refractivity (Wildman–Crippen MR) is 590 cm³/mol. The minimum atomic E-state index is -0.535. The molecule has 11 unspecified atom stereocenters. The molecule has 782 valence electrons. The zero-order chi connectivity index (χ0) is 107.